The molecule has 0 spiro atoms. The number of rotatable bonds is 11. The van der Waals surface area contributed by atoms with Gasteiger partial charge in [-0.2, -0.15) is 0 Å². The van der Waals surface area contributed by atoms with Crippen molar-refractivity contribution in [1.29, 1.82) is 0 Å². The van der Waals surface area contributed by atoms with Gasteiger partial charge in [0, 0.05) is 6.07 Å². The van der Waals surface area contributed by atoms with Crippen LogP contribution in [0.2, 0.25) is 0 Å². The molecule has 2 atom stereocenters. The van der Waals surface area contributed by atoms with Crippen LogP contribution in [0.15, 0.2) is 65.6 Å². The van der Waals surface area contributed by atoms with Crippen LogP contribution in [0, 0.1) is 6.92 Å². The Bertz CT molecular complexity index is 1300. The van der Waals surface area contributed by atoms with Crippen LogP contribution in [-0.4, -0.2) is 37.6 Å². The predicted molar refractivity (Wildman–Crippen MR) is 148 cm³/mol. The number of aldehydes is 1. The van der Waals surface area contributed by atoms with Gasteiger partial charge in [-0.15, -0.1) is 0 Å². The third kappa shape index (κ3) is 8.34. The van der Waals surface area contributed by atoms with Gasteiger partial charge >= 0.3 is 0 Å². The molecule has 1 amide bonds. The van der Waals surface area contributed by atoms with Crippen LogP contribution in [0.1, 0.15) is 56.5 Å². The molecule has 0 aliphatic rings. The first-order chi connectivity index (χ1) is 18.0. The van der Waals surface area contributed by atoms with E-state index in [1.165, 1.54) is 12.1 Å². The van der Waals surface area contributed by atoms with Crippen LogP contribution in [-0.2, 0) is 14.6 Å². The summed E-state index contributed by atoms with van der Waals surface area (Å²) >= 11 is 0. The number of phenolic OH excluding ortho intramolecular Hbond substituents is 1. The minimum atomic E-state index is -3.11. The summed E-state index contributed by atoms with van der Waals surface area (Å²) in [6, 6.07) is 16.6. The summed E-state index contributed by atoms with van der Waals surface area (Å²) in [6.45, 7) is 9.60. The summed E-state index contributed by atoms with van der Waals surface area (Å²) in [4.78, 5) is 22.1. The molecule has 2 unspecified atom stereocenters. The maximum Gasteiger partial charge on any atom is 0.211 e. The summed E-state index contributed by atoms with van der Waals surface area (Å²) in [5, 5.41) is 11.8. The molecule has 0 heterocycles. The SMILES string of the molecule is CCC(C)Oc1ccc(Oc2cc(C=O)c(O)cc2NC=O)cc1.CCC(C)S(=O)(=O)c1ccc(C)cc1. The number of carbonyl (C=O) groups excluding carboxylic acids is 2. The molecular formula is C29H35NO7S. The molecule has 9 heteroatoms. The maximum absolute atomic E-state index is 11.9. The molecule has 0 saturated heterocycles. The Balaban J connectivity index is 0.000000308. The van der Waals surface area contributed by atoms with Crippen LogP contribution in [0.3, 0.4) is 0 Å². The number of carbonyl (C=O) groups is 2. The average molecular weight is 542 g/mol. The quantitative estimate of drug-likeness (QED) is 0.273. The molecule has 0 fully saturated rings. The van der Waals surface area contributed by atoms with E-state index in [9.17, 15) is 23.1 Å². The third-order valence-electron chi connectivity index (χ3n) is 5.89. The number of sulfone groups is 1. The predicted octanol–water partition coefficient (Wildman–Crippen LogP) is 6.31. The first kappa shape index (κ1) is 30.4. The zero-order valence-corrected chi connectivity index (χ0v) is 23.1. The lowest BCUT2D eigenvalue weighted by Gasteiger charge is -2.14. The fraction of sp³-hybridized carbons (Fsp3) is 0.310. The number of phenols is 1. The Labute approximate surface area is 224 Å². The molecule has 0 aliphatic heterocycles. The van der Waals surface area contributed by atoms with Crippen molar-refractivity contribution in [3.63, 3.8) is 0 Å². The number of aryl methyl sites for hydroxylation is 1. The third-order valence-corrected chi connectivity index (χ3v) is 8.21. The number of amides is 1. The minimum Gasteiger partial charge on any atom is -0.507 e. The van der Waals surface area contributed by atoms with E-state index in [0.29, 0.717) is 29.8 Å². The monoisotopic (exact) mass is 541 g/mol. The lowest BCUT2D eigenvalue weighted by molar-refractivity contribution is -0.105. The van der Waals surface area contributed by atoms with E-state index in [2.05, 4.69) is 5.32 Å². The highest BCUT2D eigenvalue weighted by molar-refractivity contribution is 7.92. The van der Waals surface area contributed by atoms with Gasteiger partial charge in [0.1, 0.15) is 17.2 Å². The Morgan fingerprint density at radius 2 is 1.53 bits per heavy atom. The Hall–Kier alpha value is -3.85. The van der Waals surface area contributed by atoms with Gasteiger partial charge in [0.05, 0.1) is 27.5 Å². The summed E-state index contributed by atoms with van der Waals surface area (Å²) in [7, 11) is -3.11. The second-order valence-electron chi connectivity index (χ2n) is 8.77. The fourth-order valence-electron chi connectivity index (χ4n) is 3.15. The van der Waals surface area contributed by atoms with E-state index in [-0.39, 0.29) is 34.1 Å². The van der Waals surface area contributed by atoms with Gasteiger partial charge in [0.15, 0.2) is 21.9 Å². The standard InChI is InChI=1S/C18H19NO5.C11H16O2S/c1-3-12(2)23-14-4-6-15(7-5-14)24-18-8-13(10-20)17(22)9-16(18)19-11-21;1-4-10(3)14(12,13)11-7-5-9(2)6-8-11/h4-12,22H,3H2,1-2H3,(H,19,21);5-8,10H,4H2,1-3H3. The van der Waals surface area contributed by atoms with Gasteiger partial charge in [-0.25, -0.2) is 8.42 Å². The topological polar surface area (TPSA) is 119 Å². The van der Waals surface area contributed by atoms with E-state index >= 15 is 0 Å². The molecule has 3 aromatic carbocycles. The molecule has 3 rings (SSSR count). The fourth-order valence-corrected chi connectivity index (χ4v) is 4.57. The Morgan fingerprint density at radius 3 is 2.05 bits per heavy atom. The largest absolute Gasteiger partial charge is 0.507 e. The van der Waals surface area contributed by atoms with E-state index in [0.717, 1.165) is 17.7 Å². The van der Waals surface area contributed by atoms with Gasteiger partial charge in [-0.3, -0.25) is 9.59 Å². The summed E-state index contributed by atoms with van der Waals surface area (Å²) < 4.78 is 35.1. The normalized spacial score (nSPS) is 12.3. The van der Waals surface area contributed by atoms with Crippen molar-refractivity contribution in [2.75, 3.05) is 5.32 Å². The van der Waals surface area contributed by atoms with Gasteiger partial charge in [-0.1, -0.05) is 31.5 Å². The van der Waals surface area contributed by atoms with Gasteiger partial charge in [0.25, 0.3) is 0 Å². The molecule has 2 N–H and O–H groups in total. The van der Waals surface area contributed by atoms with Crippen LogP contribution < -0.4 is 14.8 Å². The van der Waals surface area contributed by atoms with E-state index in [1.807, 2.05) is 39.8 Å². The highest BCUT2D eigenvalue weighted by Gasteiger charge is 2.21. The maximum atomic E-state index is 11.9. The Kier molecular flexibility index (Phi) is 11.3. The second kappa shape index (κ2) is 14.2. The number of hydrogen-bond donors (Lipinski definition) is 2. The lowest BCUT2D eigenvalue weighted by Crippen LogP contribution is -2.16. The molecule has 8 nitrogen and oxygen atoms in total. The van der Waals surface area contributed by atoms with Gasteiger partial charge in [0.2, 0.25) is 6.41 Å². The number of ether oxygens (including phenoxy) is 2. The second-order valence-corrected chi connectivity index (χ2v) is 11.1. The molecule has 3 aromatic rings. The highest BCUT2D eigenvalue weighted by atomic mass is 32.2. The number of anilines is 1. The number of nitrogens with one attached hydrogen (secondary N) is 1. The summed E-state index contributed by atoms with van der Waals surface area (Å²) in [5.74, 6) is 1.24. The molecule has 0 aromatic heterocycles. The van der Waals surface area contributed by atoms with E-state index in [1.54, 1.807) is 43.3 Å². The van der Waals surface area contributed by atoms with Crippen molar-refractivity contribution in [2.24, 2.45) is 0 Å². The van der Waals surface area contributed by atoms with Gasteiger partial charge < -0.3 is 19.9 Å². The van der Waals surface area contributed by atoms with Crippen LogP contribution in [0.4, 0.5) is 5.69 Å². The lowest BCUT2D eigenvalue weighted by atomic mass is 10.2. The van der Waals surface area contributed by atoms with Crippen LogP contribution in [0.5, 0.6) is 23.0 Å². The van der Waals surface area contributed by atoms with Crippen molar-refractivity contribution in [2.45, 2.75) is 63.7 Å². The van der Waals surface area contributed by atoms with Crippen molar-refractivity contribution < 1.29 is 32.6 Å². The zero-order valence-electron chi connectivity index (χ0n) is 22.3. The van der Waals surface area contributed by atoms with Crippen LogP contribution >= 0.6 is 0 Å². The highest BCUT2D eigenvalue weighted by Crippen LogP contribution is 2.35. The van der Waals surface area contributed by atoms with E-state index in [4.69, 9.17) is 9.47 Å². The summed E-state index contributed by atoms with van der Waals surface area (Å²) in [5.41, 5.74) is 1.40. The number of hydrogen-bond acceptors (Lipinski definition) is 7. The van der Waals surface area contributed by atoms with Crippen molar-refractivity contribution in [3.8, 4) is 23.0 Å². The molecule has 0 saturated carbocycles. The zero-order chi connectivity index (χ0) is 28.3. The average Bonchev–Trinajstić information content (AvgIpc) is 2.91. The minimum absolute atomic E-state index is 0.0678. The first-order valence-corrected chi connectivity index (χ1v) is 13.9. The van der Waals surface area contributed by atoms with Gasteiger partial charge in [-0.05, 0) is 76.1 Å². The number of benzene rings is 3. The molecule has 204 valence electrons. The van der Waals surface area contributed by atoms with Crippen molar-refractivity contribution in [3.05, 3.63) is 71.8 Å². The first-order valence-electron chi connectivity index (χ1n) is 12.3. The molecule has 38 heavy (non-hydrogen) atoms. The number of aromatic hydroxyl groups is 1. The smallest absolute Gasteiger partial charge is 0.211 e. The van der Waals surface area contributed by atoms with Crippen molar-refractivity contribution >= 4 is 28.2 Å². The van der Waals surface area contributed by atoms with Crippen LogP contribution in [0.25, 0.3) is 0 Å². The molecule has 0 bridgehead atoms. The molecule has 0 aliphatic carbocycles. The molecule has 0 radical (unpaired) electrons. The molecular weight excluding hydrogens is 506 g/mol. The Morgan fingerprint density at radius 1 is 0.921 bits per heavy atom. The van der Waals surface area contributed by atoms with Crippen molar-refractivity contribution in [1.82, 2.24) is 0 Å². The summed E-state index contributed by atoms with van der Waals surface area (Å²) in [6.07, 6.45) is 2.64. The van der Waals surface area contributed by atoms with E-state index < -0.39 is 9.84 Å².